The van der Waals surface area contributed by atoms with Gasteiger partial charge in [-0.3, -0.25) is 9.59 Å². The highest BCUT2D eigenvalue weighted by Crippen LogP contribution is 2.35. The summed E-state index contributed by atoms with van der Waals surface area (Å²) < 4.78 is 5.54. The highest BCUT2D eigenvalue weighted by atomic mass is 16.6. The summed E-state index contributed by atoms with van der Waals surface area (Å²) in [6.07, 6.45) is 7.62. The van der Waals surface area contributed by atoms with Crippen LogP contribution in [0.15, 0.2) is 72.8 Å². The highest BCUT2D eigenvalue weighted by Gasteiger charge is 2.42. The van der Waals surface area contributed by atoms with E-state index >= 15 is 0 Å². The highest BCUT2D eigenvalue weighted by molar-refractivity contribution is 6.00. The van der Waals surface area contributed by atoms with Crippen molar-refractivity contribution in [3.05, 3.63) is 101 Å². The molecule has 0 radical (unpaired) electrons. The zero-order valence-electron chi connectivity index (χ0n) is 25.6. The molecule has 0 saturated heterocycles. The molecular weight excluding hydrogens is 538 g/mol. The number of para-hydroxylation sites is 1. The van der Waals surface area contributed by atoms with Crippen LogP contribution in [0.4, 0.5) is 10.5 Å². The predicted octanol–water partition coefficient (Wildman–Crippen LogP) is 6.48. The number of carbonyl (C=O) groups excluding carboxylic acids is 3. The zero-order chi connectivity index (χ0) is 31.1. The first-order valence-electron chi connectivity index (χ1n) is 14.8. The summed E-state index contributed by atoms with van der Waals surface area (Å²) in [6, 6.07) is 20.4. The molecule has 1 aliphatic rings. The van der Waals surface area contributed by atoms with Gasteiger partial charge in [0.15, 0.2) is 0 Å². The number of carbonyl (C=O) groups is 3. The van der Waals surface area contributed by atoms with Crippen molar-refractivity contribution in [2.24, 2.45) is 0 Å². The van der Waals surface area contributed by atoms with Gasteiger partial charge in [-0.2, -0.15) is 0 Å². The summed E-state index contributed by atoms with van der Waals surface area (Å²) in [6.45, 7) is 9.20. The topological polar surface area (TPSA) is 87.7 Å². The molecule has 1 aliphatic carbocycles. The van der Waals surface area contributed by atoms with Crippen LogP contribution in [0.1, 0.15) is 73.9 Å². The van der Waals surface area contributed by atoms with Gasteiger partial charge in [-0.05, 0) is 88.3 Å². The van der Waals surface area contributed by atoms with E-state index in [4.69, 9.17) is 11.2 Å². The van der Waals surface area contributed by atoms with E-state index in [-0.39, 0.29) is 24.3 Å². The number of nitrogens with zero attached hydrogens (tertiary/aromatic N) is 1. The number of ether oxygens (including phenoxy) is 1. The van der Waals surface area contributed by atoms with Gasteiger partial charge in [0.1, 0.15) is 17.7 Å². The number of terminal acetylenes is 1. The van der Waals surface area contributed by atoms with Crippen molar-refractivity contribution < 1.29 is 19.1 Å². The number of anilines is 1. The molecule has 7 nitrogen and oxygen atoms in total. The quantitative estimate of drug-likeness (QED) is 0.284. The fraction of sp³-hybridized carbons (Fsp3) is 0.361. The minimum atomic E-state index is -0.960. The van der Waals surface area contributed by atoms with Crippen molar-refractivity contribution in [3.63, 3.8) is 0 Å². The lowest BCUT2D eigenvalue weighted by Crippen LogP contribution is -2.57. The monoisotopic (exact) mass is 579 g/mol. The maximum atomic E-state index is 14.7. The van der Waals surface area contributed by atoms with Gasteiger partial charge in [0.05, 0.1) is 0 Å². The predicted molar refractivity (Wildman–Crippen MR) is 169 cm³/mol. The average molecular weight is 580 g/mol. The van der Waals surface area contributed by atoms with Crippen molar-refractivity contribution >= 4 is 23.6 Å². The first-order chi connectivity index (χ1) is 20.5. The molecule has 7 heteroatoms. The Bertz CT molecular complexity index is 1460. The molecule has 224 valence electrons. The molecular formula is C36H41N3O4. The average Bonchev–Trinajstić information content (AvgIpc) is 2.93. The third-order valence-electron chi connectivity index (χ3n) is 7.64. The lowest BCUT2D eigenvalue weighted by molar-refractivity contribution is -0.145. The van der Waals surface area contributed by atoms with E-state index in [0.29, 0.717) is 16.8 Å². The molecule has 0 aromatic heterocycles. The Kier molecular flexibility index (Phi) is 9.92. The van der Waals surface area contributed by atoms with Crippen molar-refractivity contribution in [2.45, 2.75) is 84.0 Å². The van der Waals surface area contributed by atoms with Crippen LogP contribution in [0.5, 0.6) is 0 Å². The second kappa shape index (κ2) is 13.6. The molecule has 0 heterocycles. The summed E-state index contributed by atoms with van der Waals surface area (Å²) in [5.74, 6) is 1.94. The summed E-state index contributed by atoms with van der Waals surface area (Å²) in [7, 11) is 0. The Morgan fingerprint density at radius 2 is 1.58 bits per heavy atom. The number of aryl methyl sites for hydroxylation is 2. The summed E-state index contributed by atoms with van der Waals surface area (Å²) in [5, 5.41) is 5.95. The van der Waals surface area contributed by atoms with Gasteiger partial charge in [0, 0.05) is 23.7 Å². The lowest BCUT2D eigenvalue weighted by atomic mass is 9.87. The van der Waals surface area contributed by atoms with E-state index < -0.39 is 23.8 Å². The Labute approximate surface area is 255 Å². The Hall–Kier alpha value is -4.57. The minimum Gasteiger partial charge on any atom is -0.444 e. The molecule has 3 aromatic carbocycles. The van der Waals surface area contributed by atoms with Crippen LogP contribution in [0.2, 0.25) is 0 Å². The molecule has 3 aromatic rings. The van der Waals surface area contributed by atoms with Crippen LogP contribution in [-0.4, -0.2) is 40.5 Å². The second-order valence-corrected chi connectivity index (χ2v) is 12.1. The zero-order valence-corrected chi connectivity index (χ0v) is 25.6. The Morgan fingerprint density at radius 1 is 0.953 bits per heavy atom. The van der Waals surface area contributed by atoms with Gasteiger partial charge in [-0.25, -0.2) is 4.79 Å². The molecule has 2 atom stereocenters. The van der Waals surface area contributed by atoms with Gasteiger partial charge in [-0.15, -0.1) is 6.42 Å². The van der Waals surface area contributed by atoms with Crippen molar-refractivity contribution in [1.29, 1.82) is 0 Å². The van der Waals surface area contributed by atoms with E-state index in [1.54, 1.807) is 49.9 Å². The van der Waals surface area contributed by atoms with Crippen LogP contribution in [0.3, 0.4) is 0 Å². The molecule has 0 spiro atoms. The Balaban J connectivity index is 1.77. The SMILES string of the molecule is C#Cc1ccc(C(C(=O)Nc2c(C)cccc2C)N(C(=O)C(Cc2ccccc2)NC(=O)OC(C)(C)C)C2CCC2)cc1. The number of benzene rings is 3. The standard InChI is InChI=1S/C36H41N3O4/c1-7-26-19-21-28(22-20-26)32(33(40)38-31-24(2)13-11-14-25(31)3)39(29-17-12-18-29)34(41)30(23-27-15-9-8-10-16-27)37-35(42)43-36(4,5)6/h1,8-11,13-16,19-22,29-30,32H,12,17-18,23H2,2-6H3,(H,37,42)(H,38,40). The molecule has 2 unspecified atom stereocenters. The summed E-state index contributed by atoms with van der Waals surface area (Å²) in [5.41, 5.74) is 4.00. The van der Waals surface area contributed by atoms with Crippen LogP contribution < -0.4 is 10.6 Å². The number of hydrogen-bond acceptors (Lipinski definition) is 4. The van der Waals surface area contributed by atoms with Crippen molar-refractivity contribution in [2.75, 3.05) is 5.32 Å². The molecule has 0 bridgehead atoms. The fourth-order valence-corrected chi connectivity index (χ4v) is 5.27. The van der Waals surface area contributed by atoms with Gasteiger partial charge in [0.2, 0.25) is 5.91 Å². The maximum Gasteiger partial charge on any atom is 0.408 e. The van der Waals surface area contributed by atoms with Gasteiger partial charge >= 0.3 is 6.09 Å². The molecule has 4 rings (SSSR count). The normalized spacial score (nSPS) is 14.4. The summed E-state index contributed by atoms with van der Waals surface area (Å²) >= 11 is 0. The van der Waals surface area contributed by atoms with Gasteiger partial charge in [-0.1, -0.05) is 66.6 Å². The number of hydrogen-bond donors (Lipinski definition) is 2. The van der Waals surface area contributed by atoms with Gasteiger partial charge in [0.25, 0.3) is 5.91 Å². The molecule has 2 N–H and O–H groups in total. The van der Waals surface area contributed by atoms with Crippen LogP contribution in [0, 0.1) is 26.2 Å². The van der Waals surface area contributed by atoms with E-state index in [1.807, 2.05) is 62.4 Å². The number of rotatable bonds is 9. The third kappa shape index (κ3) is 8.04. The van der Waals surface area contributed by atoms with Crippen LogP contribution in [-0.2, 0) is 20.7 Å². The minimum absolute atomic E-state index is 0.174. The number of nitrogens with one attached hydrogen (secondary N) is 2. The van der Waals surface area contributed by atoms with E-state index in [2.05, 4.69) is 16.6 Å². The van der Waals surface area contributed by atoms with E-state index in [9.17, 15) is 14.4 Å². The number of amides is 3. The van der Waals surface area contributed by atoms with Crippen molar-refractivity contribution in [3.8, 4) is 12.3 Å². The second-order valence-electron chi connectivity index (χ2n) is 12.1. The fourth-order valence-electron chi connectivity index (χ4n) is 5.27. The molecule has 43 heavy (non-hydrogen) atoms. The van der Waals surface area contributed by atoms with Gasteiger partial charge < -0.3 is 20.3 Å². The maximum absolute atomic E-state index is 14.7. The van der Waals surface area contributed by atoms with E-state index in [0.717, 1.165) is 36.0 Å². The molecule has 1 saturated carbocycles. The molecule has 0 aliphatic heterocycles. The van der Waals surface area contributed by atoms with Crippen LogP contribution in [0.25, 0.3) is 0 Å². The van der Waals surface area contributed by atoms with Crippen molar-refractivity contribution in [1.82, 2.24) is 10.2 Å². The number of alkyl carbamates (subject to hydrolysis) is 1. The first kappa shape index (κ1) is 31.4. The molecule has 1 fully saturated rings. The van der Waals surface area contributed by atoms with E-state index in [1.165, 1.54) is 0 Å². The Morgan fingerprint density at radius 3 is 2.12 bits per heavy atom. The molecule has 3 amide bonds. The first-order valence-corrected chi connectivity index (χ1v) is 14.8. The third-order valence-corrected chi connectivity index (χ3v) is 7.64. The smallest absolute Gasteiger partial charge is 0.408 e. The van der Waals surface area contributed by atoms with Crippen LogP contribution >= 0.6 is 0 Å². The summed E-state index contributed by atoms with van der Waals surface area (Å²) in [4.78, 5) is 43.6. The largest absolute Gasteiger partial charge is 0.444 e. The lowest BCUT2D eigenvalue weighted by Gasteiger charge is -2.43.